The monoisotopic (exact) mass is 292 g/mol. The van der Waals surface area contributed by atoms with Crippen molar-refractivity contribution in [1.82, 2.24) is 15.0 Å². The molecule has 0 aliphatic carbocycles. The van der Waals surface area contributed by atoms with Crippen LogP contribution in [-0.2, 0) is 12.8 Å². The van der Waals surface area contributed by atoms with E-state index in [9.17, 15) is 0 Å². The molecule has 2 aromatic rings. The molecule has 108 valence electrons. The van der Waals surface area contributed by atoms with Crippen LogP contribution in [0.25, 0.3) is 0 Å². The van der Waals surface area contributed by atoms with Crippen LogP contribution in [-0.4, -0.2) is 21.5 Å². The lowest BCUT2D eigenvalue weighted by atomic mass is 10.2. The number of thiazole rings is 1. The summed E-state index contributed by atoms with van der Waals surface area (Å²) in [7, 11) is 0. The Balaban J connectivity index is 2.06. The van der Waals surface area contributed by atoms with Gasteiger partial charge >= 0.3 is 0 Å². The van der Waals surface area contributed by atoms with Crippen molar-refractivity contribution in [3.05, 3.63) is 28.0 Å². The van der Waals surface area contributed by atoms with Crippen molar-refractivity contribution >= 4 is 23.0 Å². The average Bonchev–Trinajstić information content (AvgIpc) is 2.95. The number of aryl methyl sites for hydroxylation is 1. The fourth-order valence-corrected chi connectivity index (χ4v) is 2.47. The van der Waals surface area contributed by atoms with E-state index < -0.39 is 0 Å². The molecule has 6 nitrogen and oxygen atoms in total. The smallest absolute Gasteiger partial charge is 0.148 e. The number of nitrogens with zero attached hydrogens (tertiary/aromatic N) is 3. The molecule has 0 aromatic carbocycles. The first-order valence-electron chi connectivity index (χ1n) is 6.69. The van der Waals surface area contributed by atoms with Crippen LogP contribution in [0.1, 0.15) is 30.4 Å². The van der Waals surface area contributed by atoms with Crippen LogP contribution in [0, 0.1) is 6.92 Å². The molecule has 2 aromatic heterocycles. The van der Waals surface area contributed by atoms with Gasteiger partial charge in [-0.1, -0.05) is 6.92 Å². The van der Waals surface area contributed by atoms with E-state index in [1.807, 2.05) is 12.4 Å². The lowest BCUT2D eigenvalue weighted by molar-refractivity contribution is 0.829. The zero-order valence-corrected chi connectivity index (χ0v) is 12.6. The molecule has 2 rings (SSSR count). The fourth-order valence-electron chi connectivity index (χ4n) is 1.88. The van der Waals surface area contributed by atoms with Crippen LogP contribution >= 0.6 is 11.3 Å². The Bertz CT molecular complexity index is 540. The van der Waals surface area contributed by atoms with E-state index in [4.69, 9.17) is 5.84 Å². The van der Waals surface area contributed by atoms with Gasteiger partial charge in [0.15, 0.2) is 0 Å². The number of anilines is 2. The summed E-state index contributed by atoms with van der Waals surface area (Å²) in [4.78, 5) is 13.2. The van der Waals surface area contributed by atoms with E-state index >= 15 is 0 Å². The zero-order valence-electron chi connectivity index (χ0n) is 11.8. The van der Waals surface area contributed by atoms with Crippen molar-refractivity contribution in [2.45, 2.75) is 33.1 Å². The Hall–Kier alpha value is -1.73. The van der Waals surface area contributed by atoms with Gasteiger partial charge in [-0.2, -0.15) is 0 Å². The van der Waals surface area contributed by atoms with E-state index in [1.165, 1.54) is 0 Å². The van der Waals surface area contributed by atoms with Gasteiger partial charge < -0.3 is 10.7 Å². The topological polar surface area (TPSA) is 88.8 Å². The van der Waals surface area contributed by atoms with Gasteiger partial charge in [-0.15, -0.1) is 11.3 Å². The van der Waals surface area contributed by atoms with Crippen LogP contribution in [0.2, 0.25) is 0 Å². The van der Waals surface area contributed by atoms with Crippen molar-refractivity contribution in [3.63, 3.8) is 0 Å². The van der Waals surface area contributed by atoms with Gasteiger partial charge in [0.25, 0.3) is 0 Å². The normalized spacial score (nSPS) is 10.6. The first-order chi connectivity index (χ1) is 9.74. The standard InChI is InChI=1S/C13H20N6S/c1-3-4-11-17-12(9(2)13(18-11)19-14)15-6-5-10-7-20-8-16-10/h7-8H,3-6,14H2,1-2H3,(H2,15,17,18,19). The Morgan fingerprint density at radius 2 is 2.05 bits per heavy atom. The Morgan fingerprint density at radius 3 is 2.70 bits per heavy atom. The maximum absolute atomic E-state index is 5.51. The third-order valence-electron chi connectivity index (χ3n) is 2.96. The van der Waals surface area contributed by atoms with E-state index in [-0.39, 0.29) is 0 Å². The highest BCUT2D eigenvalue weighted by Gasteiger charge is 2.09. The molecule has 0 radical (unpaired) electrons. The molecule has 7 heteroatoms. The predicted molar refractivity (Wildman–Crippen MR) is 82.9 cm³/mol. The number of nitrogens with one attached hydrogen (secondary N) is 2. The van der Waals surface area contributed by atoms with E-state index in [2.05, 4.69) is 38.0 Å². The first kappa shape index (κ1) is 14.7. The van der Waals surface area contributed by atoms with Crippen molar-refractivity contribution in [2.24, 2.45) is 5.84 Å². The molecular formula is C13H20N6S. The third-order valence-corrected chi connectivity index (χ3v) is 3.59. The van der Waals surface area contributed by atoms with Crippen molar-refractivity contribution in [2.75, 3.05) is 17.3 Å². The maximum atomic E-state index is 5.51. The second-order valence-corrected chi connectivity index (χ2v) is 5.23. The van der Waals surface area contributed by atoms with Gasteiger partial charge in [0.2, 0.25) is 0 Å². The summed E-state index contributed by atoms with van der Waals surface area (Å²) in [5.41, 5.74) is 6.52. The molecule has 0 unspecified atom stereocenters. The number of hydrogen-bond donors (Lipinski definition) is 3. The quantitative estimate of drug-likeness (QED) is 0.535. The lowest BCUT2D eigenvalue weighted by Crippen LogP contribution is -2.16. The molecule has 0 aliphatic heterocycles. The summed E-state index contributed by atoms with van der Waals surface area (Å²) < 4.78 is 0. The van der Waals surface area contributed by atoms with E-state index in [0.29, 0.717) is 5.82 Å². The fraction of sp³-hybridized carbons (Fsp3) is 0.462. The lowest BCUT2D eigenvalue weighted by Gasteiger charge is -2.13. The van der Waals surface area contributed by atoms with Crippen molar-refractivity contribution in [1.29, 1.82) is 0 Å². The van der Waals surface area contributed by atoms with Gasteiger partial charge in [0.1, 0.15) is 17.5 Å². The second-order valence-electron chi connectivity index (χ2n) is 4.51. The summed E-state index contributed by atoms with van der Waals surface area (Å²) in [6, 6.07) is 0. The van der Waals surface area contributed by atoms with E-state index in [0.717, 1.165) is 48.7 Å². The molecule has 0 bridgehead atoms. The Morgan fingerprint density at radius 1 is 1.25 bits per heavy atom. The molecule has 0 aliphatic rings. The number of nitrogen functional groups attached to an aromatic ring is 1. The minimum absolute atomic E-state index is 0.680. The van der Waals surface area contributed by atoms with Gasteiger partial charge in [-0.25, -0.2) is 20.8 Å². The minimum atomic E-state index is 0.680. The van der Waals surface area contributed by atoms with Crippen LogP contribution in [0.15, 0.2) is 10.9 Å². The summed E-state index contributed by atoms with van der Waals surface area (Å²) in [6.45, 7) is 4.85. The maximum Gasteiger partial charge on any atom is 0.148 e. The van der Waals surface area contributed by atoms with Gasteiger partial charge in [0, 0.05) is 30.3 Å². The molecule has 2 heterocycles. The second kappa shape index (κ2) is 7.16. The zero-order chi connectivity index (χ0) is 14.4. The molecule has 0 spiro atoms. The van der Waals surface area contributed by atoms with Crippen LogP contribution in [0.3, 0.4) is 0 Å². The Kier molecular flexibility index (Phi) is 5.25. The largest absolute Gasteiger partial charge is 0.369 e. The first-order valence-corrected chi connectivity index (χ1v) is 7.64. The number of aromatic nitrogens is 3. The SMILES string of the molecule is CCCc1nc(NN)c(C)c(NCCc2cscn2)n1. The molecule has 0 amide bonds. The number of nitrogens with two attached hydrogens (primary N) is 1. The number of hydrazine groups is 1. The predicted octanol–water partition coefficient (Wildman–Crippen LogP) is 2.13. The highest BCUT2D eigenvalue weighted by Crippen LogP contribution is 2.19. The minimum Gasteiger partial charge on any atom is -0.369 e. The molecule has 0 atom stereocenters. The summed E-state index contributed by atoms with van der Waals surface area (Å²) in [5, 5.41) is 5.40. The molecular weight excluding hydrogens is 272 g/mol. The summed E-state index contributed by atoms with van der Waals surface area (Å²) in [6.07, 6.45) is 2.72. The van der Waals surface area contributed by atoms with Gasteiger partial charge in [-0.3, -0.25) is 0 Å². The van der Waals surface area contributed by atoms with Crippen LogP contribution < -0.4 is 16.6 Å². The van der Waals surface area contributed by atoms with Crippen LogP contribution in [0.4, 0.5) is 11.6 Å². The molecule has 0 fully saturated rings. The average molecular weight is 292 g/mol. The Labute approximate surface area is 122 Å². The highest BCUT2D eigenvalue weighted by atomic mass is 32.1. The third kappa shape index (κ3) is 3.64. The summed E-state index contributed by atoms with van der Waals surface area (Å²) in [5.74, 6) is 7.84. The molecule has 0 saturated heterocycles. The molecule has 20 heavy (non-hydrogen) atoms. The number of rotatable bonds is 7. The van der Waals surface area contributed by atoms with Gasteiger partial charge in [-0.05, 0) is 13.3 Å². The highest BCUT2D eigenvalue weighted by molar-refractivity contribution is 7.07. The number of hydrogen-bond acceptors (Lipinski definition) is 7. The van der Waals surface area contributed by atoms with Crippen molar-refractivity contribution in [3.8, 4) is 0 Å². The molecule has 0 saturated carbocycles. The van der Waals surface area contributed by atoms with E-state index in [1.54, 1.807) is 11.3 Å². The van der Waals surface area contributed by atoms with Crippen LogP contribution in [0.5, 0.6) is 0 Å². The van der Waals surface area contributed by atoms with Crippen molar-refractivity contribution < 1.29 is 0 Å². The summed E-state index contributed by atoms with van der Waals surface area (Å²) >= 11 is 1.61. The van der Waals surface area contributed by atoms with Gasteiger partial charge in [0.05, 0.1) is 11.2 Å². The molecule has 4 N–H and O–H groups in total.